The normalized spacial score (nSPS) is 10.8. The number of halogens is 1. The number of ether oxygens (including phenoxy) is 1. The van der Waals surface area contributed by atoms with Crippen LogP contribution in [-0.2, 0) is 0 Å². The number of fused-ring (bicyclic) bond motifs is 1. The van der Waals surface area contributed by atoms with Gasteiger partial charge in [0.05, 0.1) is 17.3 Å². The summed E-state index contributed by atoms with van der Waals surface area (Å²) in [4.78, 5) is 16.2. The second-order valence-electron chi connectivity index (χ2n) is 6.91. The molecule has 0 bridgehead atoms. The molecular weight excluding hydrogens is 446 g/mol. The lowest BCUT2D eigenvalue weighted by Gasteiger charge is -2.12. The number of carbonyl (C=O) groups excluding carboxylic acids is 1. The average molecular weight is 466 g/mol. The molecule has 30 heavy (non-hydrogen) atoms. The molecule has 0 aliphatic carbocycles. The van der Waals surface area contributed by atoms with Gasteiger partial charge in [-0.3, -0.25) is 4.79 Å². The number of carbonyl (C=O) groups is 1. The maximum atomic E-state index is 12.6. The van der Waals surface area contributed by atoms with Crippen molar-refractivity contribution >= 4 is 44.2 Å². The number of amides is 1. The summed E-state index contributed by atoms with van der Waals surface area (Å²) in [5.41, 5.74) is 4.58. The molecule has 0 aliphatic heterocycles. The number of rotatable bonds is 5. The number of aromatic nitrogens is 3. The number of nitrogens with zero attached hydrogens (tertiary/aromatic N) is 4. The van der Waals surface area contributed by atoms with Crippen molar-refractivity contribution in [2.24, 2.45) is 0 Å². The van der Waals surface area contributed by atoms with Gasteiger partial charge in [0.1, 0.15) is 16.8 Å². The van der Waals surface area contributed by atoms with Gasteiger partial charge in [-0.05, 0) is 76.6 Å². The number of hydrogen-bond donors (Lipinski definition) is 1. The molecule has 3 aromatic carbocycles. The zero-order valence-electron chi connectivity index (χ0n) is 16.8. The Bertz CT molecular complexity index is 1220. The van der Waals surface area contributed by atoms with Gasteiger partial charge < -0.3 is 15.0 Å². The largest absolute Gasteiger partial charge is 0.496 e. The van der Waals surface area contributed by atoms with E-state index in [-0.39, 0.29) is 5.91 Å². The highest BCUT2D eigenvalue weighted by Crippen LogP contribution is 2.26. The van der Waals surface area contributed by atoms with Crippen molar-refractivity contribution < 1.29 is 9.53 Å². The Morgan fingerprint density at radius 1 is 1.00 bits per heavy atom. The van der Waals surface area contributed by atoms with Gasteiger partial charge in [-0.1, -0.05) is 0 Å². The van der Waals surface area contributed by atoms with E-state index in [9.17, 15) is 4.79 Å². The molecule has 1 amide bonds. The lowest BCUT2D eigenvalue weighted by molar-refractivity contribution is 0.102. The number of methoxy groups -OCH3 is 1. The number of benzene rings is 3. The third-order valence-corrected chi connectivity index (χ3v) is 5.27. The zero-order valence-corrected chi connectivity index (χ0v) is 18.3. The summed E-state index contributed by atoms with van der Waals surface area (Å²) < 4.78 is 5.92. The lowest BCUT2D eigenvalue weighted by Crippen LogP contribution is -2.11. The first-order chi connectivity index (χ1) is 14.4. The second kappa shape index (κ2) is 8.16. The summed E-state index contributed by atoms with van der Waals surface area (Å²) in [5, 5.41) is 12.0. The summed E-state index contributed by atoms with van der Waals surface area (Å²) in [6.45, 7) is 0. The van der Waals surface area contributed by atoms with E-state index >= 15 is 0 Å². The Morgan fingerprint density at radius 2 is 1.73 bits per heavy atom. The van der Waals surface area contributed by atoms with E-state index < -0.39 is 0 Å². The maximum absolute atomic E-state index is 12.6. The molecule has 1 aromatic heterocycles. The zero-order chi connectivity index (χ0) is 21.3. The standard InChI is InChI=1S/C22H20BrN5O2/c1-27(2)16-6-8-17(9-7-16)28-25-19-10-5-15(13-20(19)26-28)24-22(29)14-4-11-21(30-3)18(23)12-14/h4-13H,1-3H3,(H,24,29). The third kappa shape index (κ3) is 3.99. The van der Waals surface area contributed by atoms with E-state index in [4.69, 9.17) is 4.74 Å². The smallest absolute Gasteiger partial charge is 0.255 e. The number of hydrogen-bond acceptors (Lipinski definition) is 5. The van der Waals surface area contributed by atoms with E-state index in [0.717, 1.165) is 21.4 Å². The Morgan fingerprint density at radius 3 is 2.40 bits per heavy atom. The van der Waals surface area contributed by atoms with E-state index in [1.807, 2.05) is 61.5 Å². The topological polar surface area (TPSA) is 72.3 Å². The first kappa shape index (κ1) is 19.9. The molecule has 4 aromatic rings. The SMILES string of the molecule is COc1ccc(C(=O)Nc2ccc3nn(-c4ccc(N(C)C)cc4)nc3c2)cc1Br. The molecule has 0 unspecified atom stereocenters. The van der Waals surface area contributed by atoms with E-state index in [0.29, 0.717) is 22.5 Å². The molecule has 8 heteroatoms. The first-order valence-electron chi connectivity index (χ1n) is 9.24. The number of anilines is 2. The van der Waals surface area contributed by atoms with Crippen molar-refractivity contribution in [1.29, 1.82) is 0 Å². The molecule has 1 N–H and O–H groups in total. The van der Waals surface area contributed by atoms with Crippen molar-refractivity contribution in [1.82, 2.24) is 15.0 Å². The Kier molecular flexibility index (Phi) is 5.41. The fourth-order valence-electron chi connectivity index (χ4n) is 3.00. The van der Waals surface area contributed by atoms with Gasteiger partial charge >= 0.3 is 0 Å². The lowest BCUT2D eigenvalue weighted by atomic mass is 10.2. The number of nitrogens with one attached hydrogen (secondary N) is 1. The quantitative estimate of drug-likeness (QED) is 0.469. The van der Waals surface area contributed by atoms with Crippen LogP contribution >= 0.6 is 15.9 Å². The summed E-state index contributed by atoms with van der Waals surface area (Å²) in [7, 11) is 5.57. The fourth-order valence-corrected chi connectivity index (χ4v) is 3.54. The molecule has 0 saturated heterocycles. The predicted molar refractivity (Wildman–Crippen MR) is 122 cm³/mol. The molecule has 152 valence electrons. The van der Waals surface area contributed by atoms with Crippen molar-refractivity contribution in [3.8, 4) is 11.4 Å². The van der Waals surface area contributed by atoms with Gasteiger partial charge in [-0.15, -0.1) is 10.2 Å². The van der Waals surface area contributed by atoms with Crippen LogP contribution < -0.4 is 15.0 Å². The van der Waals surface area contributed by atoms with Crippen LogP contribution in [0.3, 0.4) is 0 Å². The van der Waals surface area contributed by atoms with Crippen molar-refractivity contribution in [2.75, 3.05) is 31.4 Å². The van der Waals surface area contributed by atoms with Gasteiger partial charge in [0.2, 0.25) is 0 Å². The molecule has 4 rings (SSSR count). The van der Waals surface area contributed by atoms with Gasteiger partial charge in [0.15, 0.2) is 0 Å². The Labute approximate surface area is 182 Å². The molecular formula is C22H20BrN5O2. The molecule has 0 atom stereocenters. The Balaban J connectivity index is 1.56. The summed E-state index contributed by atoms with van der Waals surface area (Å²) in [6, 6.07) is 18.6. The fraction of sp³-hybridized carbons (Fsp3) is 0.136. The molecule has 0 fully saturated rings. The van der Waals surface area contributed by atoms with Crippen molar-refractivity contribution in [3.63, 3.8) is 0 Å². The highest BCUT2D eigenvalue weighted by atomic mass is 79.9. The highest BCUT2D eigenvalue weighted by molar-refractivity contribution is 9.10. The van der Waals surface area contributed by atoms with Crippen LogP contribution in [0.1, 0.15) is 10.4 Å². The molecule has 0 radical (unpaired) electrons. The van der Waals surface area contributed by atoms with Crippen LogP contribution in [0, 0.1) is 0 Å². The second-order valence-corrected chi connectivity index (χ2v) is 7.76. The monoisotopic (exact) mass is 465 g/mol. The van der Waals surface area contributed by atoms with E-state index in [1.54, 1.807) is 30.1 Å². The van der Waals surface area contributed by atoms with Gasteiger partial charge in [-0.25, -0.2) is 0 Å². The third-order valence-electron chi connectivity index (χ3n) is 4.65. The minimum atomic E-state index is -0.218. The van der Waals surface area contributed by atoms with Crippen LogP contribution in [0.15, 0.2) is 65.1 Å². The average Bonchev–Trinajstić information content (AvgIpc) is 3.17. The van der Waals surface area contributed by atoms with E-state index in [2.05, 4.69) is 31.4 Å². The minimum absolute atomic E-state index is 0.218. The minimum Gasteiger partial charge on any atom is -0.496 e. The summed E-state index contributed by atoms with van der Waals surface area (Å²) >= 11 is 3.40. The van der Waals surface area contributed by atoms with Crippen molar-refractivity contribution in [2.45, 2.75) is 0 Å². The molecule has 0 aliphatic rings. The molecule has 1 heterocycles. The van der Waals surface area contributed by atoms with Crippen LogP contribution in [0.4, 0.5) is 11.4 Å². The van der Waals surface area contributed by atoms with Crippen LogP contribution in [0.5, 0.6) is 5.75 Å². The molecule has 0 spiro atoms. The van der Waals surface area contributed by atoms with Crippen LogP contribution in [0.2, 0.25) is 0 Å². The Hall–Kier alpha value is -3.39. The molecule has 0 saturated carbocycles. The van der Waals surface area contributed by atoms with Gasteiger partial charge in [-0.2, -0.15) is 4.80 Å². The summed E-state index contributed by atoms with van der Waals surface area (Å²) in [6.07, 6.45) is 0. The van der Waals surface area contributed by atoms with E-state index in [1.165, 1.54) is 0 Å². The van der Waals surface area contributed by atoms with Gasteiger partial charge in [0.25, 0.3) is 5.91 Å². The molecule has 7 nitrogen and oxygen atoms in total. The first-order valence-corrected chi connectivity index (χ1v) is 10.0. The highest BCUT2D eigenvalue weighted by Gasteiger charge is 2.11. The van der Waals surface area contributed by atoms with Gasteiger partial charge in [0, 0.05) is 31.0 Å². The summed E-state index contributed by atoms with van der Waals surface area (Å²) in [5.74, 6) is 0.451. The maximum Gasteiger partial charge on any atom is 0.255 e. The predicted octanol–water partition coefficient (Wildman–Crippen LogP) is 4.51. The van der Waals surface area contributed by atoms with Crippen LogP contribution in [-0.4, -0.2) is 42.1 Å². The van der Waals surface area contributed by atoms with Crippen LogP contribution in [0.25, 0.3) is 16.7 Å². The van der Waals surface area contributed by atoms with Crippen molar-refractivity contribution in [3.05, 3.63) is 70.7 Å².